The van der Waals surface area contributed by atoms with E-state index in [-0.39, 0.29) is 0 Å². The van der Waals surface area contributed by atoms with Crippen LogP contribution in [0.25, 0.3) is 55.0 Å². The SMILES string of the molecule is Cc1cc(Nc2cccc(-c3cccc(C=O)c3)c2)c2ccccc2n1.Cc1cc(Nc2cccc(-c3cccc(CN4CCc5ccccc5C4)c3)c2)c2ccccc2n1.Cc1cc(Nc2cccc(Br)c2)c2ccccc2n1.Nc1cccc(Br)c1.O=Cc1cccc(B(O)O)c1.c1ccc2c(c1)CCNC2. The average molecular weight is 1560 g/mol. The molecule has 0 unspecified atom stereocenters. The molecule has 542 valence electrons. The highest BCUT2D eigenvalue weighted by molar-refractivity contribution is 9.10. The van der Waals surface area contributed by atoms with Gasteiger partial charge in [-0.15, -0.1) is 0 Å². The second-order valence-corrected chi connectivity index (χ2v) is 28.4. The molecular formula is C93H84BBr2N9O4. The zero-order valence-corrected chi connectivity index (χ0v) is 64.1. The van der Waals surface area contributed by atoms with Crippen molar-refractivity contribution in [2.45, 2.75) is 53.2 Å². The number of benzene rings is 12. The number of hydrogen-bond acceptors (Lipinski definition) is 13. The van der Waals surface area contributed by atoms with E-state index < -0.39 is 7.12 Å². The quantitative estimate of drug-likeness (QED) is 0.0328. The highest BCUT2D eigenvalue weighted by atomic mass is 79.9. The Bertz CT molecular complexity index is 5580. The fraction of sp³-hybridized carbons (Fsp3) is 0.108. The van der Waals surface area contributed by atoms with E-state index in [1.807, 2.05) is 142 Å². The van der Waals surface area contributed by atoms with Crippen molar-refractivity contribution >= 4 is 130 Å². The van der Waals surface area contributed by atoms with E-state index in [2.05, 4.69) is 237 Å². The number of aldehydes is 2. The minimum absolute atomic E-state index is 0.328. The van der Waals surface area contributed by atoms with Gasteiger partial charge in [-0.25, -0.2) is 0 Å². The van der Waals surface area contributed by atoms with Gasteiger partial charge in [-0.05, 0) is 205 Å². The Hall–Kier alpha value is -11.7. The Morgan fingerprint density at radius 3 is 1.35 bits per heavy atom. The second-order valence-electron chi connectivity index (χ2n) is 26.6. The first-order valence-electron chi connectivity index (χ1n) is 36.2. The van der Waals surface area contributed by atoms with Gasteiger partial charge in [-0.3, -0.25) is 29.4 Å². The number of anilines is 7. The molecule has 15 aromatic rings. The smallest absolute Gasteiger partial charge is 0.423 e. The van der Waals surface area contributed by atoms with E-state index >= 15 is 0 Å². The molecule has 0 amide bonds. The molecule has 8 N–H and O–H groups in total. The molecule has 109 heavy (non-hydrogen) atoms. The lowest BCUT2D eigenvalue weighted by Crippen LogP contribution is -2.29. The van der Waals surface area contributed by atoms with Gasteiger partial charge in [0.1, 0.15) is 12.6 Å². The molecular weight excluding hydrogens is 1480 g/mol. The number of pyridine rings is 3. The Kier molecular flexibility index (Phi) is 26.9. The van der Waals surface area contributed by atoms with Crippen molar-refractivity contribution in [3.63, 3.8) is 0 Å². The summed E-state index contributed by atoms with van der Waals surface area (Å²) in [5, 5.41) is 34.7. The van der Waals surface area contributed by atoms with Gasteiger partial charge in [0.15, 0.2) is 0 Å². The standard InChI is InChI=1S/C32H29N3.C23H18N2O.C16H13BrN2.C9H11N.C7H7BO3.C6H6BrN/c1-23-18-32(30-14-4-5-15-31(30)33-23)34-29-13-7-12-27(20-29)26-11-6-8-24(19-26)21-35-17-16-25-9-2-3-10-28(25)22-35;1-16-12-23(21-10-2-3-11-22(21)24-16)25-20-9-5-8-19(14-20)18-7-4-6-17(13-18)15-26;1-11-9-16(14-7-2-3-8-15(14)18-11)19-13-6-4-5-12(17)10-13;1-2-4-9-7-10-6-5-8(9)3-1;9-5-6-2-1-3-7(4-6)8(10)11;7-5-2-1-3-6(8)4-5/h2-15,18-20H,16-17,21-22H2,1H3,(H,33,34);2-15H,1H3,(H,24,25);2-10H,1H3,(H,18,19);1-4,10H,5-7H2;1-5,10-11H;1-4H,8H2. The number of nitrogens with two attached hydrogens (primary N) is 1. The number of hydrogen-bond donors (Lipinski definition) is 7. The Morgan fingerprint density at radius 2 is 0.853 bits per heavy atom. The van der Waals surface area contributed by atoms with Crippen molar-refractivity contribution in [1.29, 1.82) is 0 Å². The molecule has 16 heteroatoms. The molecule has 17 rings (SSSR count). The van der Waals surface area contributed by atoms with E-state index in [0.29, 0.717) is 22.9 Å². The number of carbonyl (C=O) groups excluding carboxylic acids is 2. The van der Waals surface area contributed by atoms with Gasteiger partial charge >= 0.3 is 7.12 Å². The minimum Gasteiger partial charge on any atom is -0.423 e. The number of carbonyl (C=O) groups is 2. The van der Waals surface area contributed by atoms with Crippen molar-refractivity contribution in [2.24, 2.45) is 0 Å². The molecule has 2 aliphatic heterocycles. The minimum atomic E-state index is -1.50. The molecule has 2 aliphatic rings. The first-order valence-corrected chi connectivity index (χ1v) is 37.7. The van der Waals surface area contributed by atoms with Gasteiger partial charge < -0.3 is 37.0 Å². The first kappa shape index (κ1) is 76.9. The van der Waals surface area contributed by atoms with Gasteiger partial charge in [-0.2, -0.15) is 0 Å². The Morgan fingerprint density at radius 1 is 0.431 bits per heavy atom. The summed E-state index contributed by atoms with van der Waals surface area (Å²) in [5.41, 5.74) is 31.9. The highest BCUT2D eigenvalue weighted by Crippen LogP contribution is 2.34. The van der Waals surface area contributed by atoms with Gasteiger partial charge in [0, 0.05) is 119 Å². The predicted molar refractivity (Wildman–Crippen MR) is 459 cm³/mol. The highest BCUT2D eigenvalue weighted by Gasteiger charge is 2.17. The zero-order valence-electron chi connectivity index (χ0n) is 61.0. The van der Waals surface area contributed by atoms with Crippen molar-refractivity contribution < 1.29 is 19.6 Å². The van der Waals surface area contributed by atoms with Crippen LogP contribution in [0.4, 0.5) is 39.8 Å². The molecule has 12 aromatic carbocycles. The third kappa shape index (κ3) is 22.0. The summed E-state index contributed by atoms with van der Waals surface area (Å²) in [7, 11) is -1.50. The molecule has 3 aromatic heterocycles. The van der Waals surface area contributed by atoms with Gasteiger partial charge in [-0.1, -0.05) is 232 Å². The van der Waals surface area contributed by atoms with Crippen molar-refractivity contribution in [3.8, 4) is 22.3 Å². The molecule has 0 bridgehead atoms. The third-order valence-electron chi connectivity index (χ3n) is 18.4. The number of fused-ring (bicyclic) bond motifs is 5. The number of aromatic nitrogens is 3. The summed E-state index contributed by atoms with van der Waals surface area (Å²) in [5.74, 6) is 0. The number of para-hydroxylation sites is 3. The maximum absolute atomic E-state index is 11.0. The van der Waals surface area contributed by atoms with Crippen molar-refractivity contribution in [3.05, 3.63) is 374 Å². The lowest BCUT2D eigenvalue weighted by molar-refractivity contribution is 0.111. The summed E-state index contributed by atoms with van der Waals surface area (Å²) in [6.45, 7) is 11.4. The second kappa shape index (κ2) is 38.2. The van der Waals surface area contributed by atoms with E-state index in [1.54, 1.807) is 12.1 Å². The van der Waals surface area contributed by atoms with Gasteiger partial charge in [0.25, 0.3) is 0 Å². The molecule has 0 spiro atoms. The molecule has 0 aliphatic carbocycles. The van der Waals surface area contributed by atoms with Crippen LogP contribution in [-0.4, -0.2) is 62.7 Å². The average Bonchev–Trinajstić information content (AvgIpc) is 0.822. The van der Waals surface area contributed by atoms with Crippen LogP contribution in [0.2, 0.25) is 0 Å². The van der Waals surface area contributed by atoms with Crippen LogP contribution < -0.4 is 32.5 Å². The molecule has 0 saturated carbocycles. The van der Waals surface area contributed by atoms with Crippen LogP contribution in [0.1, 0.15) is 65.6 Å². The number of nitrogens with one attached hydrogen (secondary N) is 4. The largest absolute Gasteiger partial charge is 0.488 e. The summed E-state index contributed by atoms with van der Waals surface area (Å²) in [4.78, 5) is 37.6. The monoisotopic (exact) mass is 1560 g/mol. The van der Waals surface area contributed by atoms with Crippen LogP contribution in [0.15, 0.2) is 318 Å². The number of nitrogens with zero attached hydrogens (tertiary/aromatic N) is 4. The lowest BCUT2D eigenvalue weighted by Gasteiger charge is -2.28. The van der Waals surface area contributed by atoms with E-state index in [0.717, 1.165) is 155 Å². The van der Waals surface area contributed by atoms with E-state index in [9.17, 15) is 9.59 Å². The number of aryl methyl sites for hydroxylation is 3. The first-order chi connectivity index (χ1) is 53.1. The van der Waals surface area contributed by atoms with Crippen molar-refractivity contribution in [1.82, 2.24) is 25.2 Å². The molecule has 0 atom stereocenters. The van der Waals surface area contributed by atoms with Crippen molar-refractivity contribution in [2.75, 3.05) is 34.8 Å². The molecule has 0 fully saturated rings. The van der Waals surface area contributed by atoms with Crippen LogP contribution in [-0.2, 0) is 32.5 Å². The Labute approximate surface area is 654 Å². The zero-order chi connectivity index (χ0) is 75.9. The molecule has 13 nitrogen and oxygen atoms in total. The number of rotatable bonds is 13. The van der Waals surface area contributed by atoms with E-state index in [1.165, 1.54) is 57.5 Å². The predicted octanol–water partition coefficient (Wildman–Crippen LogP) is 20.9. The maximum Gasteiger partial charge on any atom is 0.488 e. The summed E-state index contributed by atoms with van der Waals surface area (Å²) >= 11 is 6.77. The molecule has 0 radical (unpaired) electrons. The van der Waals surface area contributed by atoms with E-state index in [4.69, 9.17) is 15.8 Å². The fourth-order valence-corrected chi connectivity index (χ4v) is 13.9. The van der Waals surface area contributed by atoms with Crippen LogP contribution in [0.5, 0.6) is 0 Å². The maximum atomic E-state index is 11.0. The van der Waals surface area contributed by atoms with Crippen LogP contribution in [0, 0.1) is 20.8 Å². The Balaban J connectivity index is 0.000000132. The molecule has 0 saturated heterocycles. The normalized spacial score (nSPS) is 11.8. The topological polar surface area (TPSA) is 191 Å². The van der Waals surface area contributed by atoms with Crippen LogP contribution in [0.3, 0.4) is 0 Å². The van der Waals surface area contributed by atoms with Crippen LogP contribution >= 0.6 is 31.9 Å². The van der Waals surface area contributed by atoms with Gasteiger partial charge in [0.2, 0.25) is 0 Å². The van der Waals surface area contributed by atoms with Gasteiger partial charge in [0.05, 0.1) is 16.6 Å². The lowest BCUT2D eigenvalue weighted by atomic mass is 9.80. The molecule has 5 heterocycles. The summed E-state index contributed by atoms with van der Waals surface area (Å²) < 4.78 is 2.09. The fourth-order valence-electron chi connectivity index (χ4n) is 13.1. The summed E-state index contributed by atoms with van der Waals surface area (Å²) in [6, 6.07) is 104. The third-order valence-corrected chi connectivity index (χ3v) is 19.3. The number of nitrogen functional groups attached to an aromatic ring is 1. The summed E-state index contributed by atoms with van der Waals surface area (Å²) in [6.07, 6.45) is 3.85. The number of halogens is 2.